The van der Waals surface area contributed by atoms with Gasteiger partial charge in [-0.05, 0) is 46.8 Å². The number of rotatable bonds is 4. The largest absolute Gasteiger partial charge is 0.292 e. The lowest BCUT2D eigenvalue weighted by Gasteiger charge is -2.47. The molecule has 6 heteroatoms. The molecule has 7 rings (SSSR count). The van der Waals surface area contributed by atoms with Gasteiger partial charge in [0.05, 0.1) is 17.1 Å². The highest BCUT2D eigenvalue weighted by Gasteiger charge is 2.55. The lowest BCUT2D eigenvalue weighted by molar-refractivity contribution is -0.110. The third-order valence-corrected chi connectivity index (χ3v) is 8.50. The summed E-state index contributed by atoms with van der Waals surface area (Å²) < 4.78 is 0. The van der Waals surface area contributed by atoms with Gasteiger partial charge in [0.2, 0.25) is 4.99 Å². The van der Waals surface area contributed by atoms with Gasteiger partial charge in [0.25, 0.3) is 0 Å². The number of para-hydroxylation sites is 2. The molecule has 2 aliphatic heterocycles. The van der Waals surface area contributed by atoms with E-state index in [1.807, 2.05) is 70.7 Å². The molecule has 5 nitrogen and oxygen atoms in total. The van der Waals surface area contributed by atoms with Crippen LogP contribution in [0.2, 0.25) is 0 Å². The smallest absolute Gasteiger partial charge is 0.234 e. The Morgan fingerprint density at radius 2 is 1.21 bits per heavy atom. The van der Waals surface area contributed by atoms with E-state index in [0.29, 0.717) is 5.04 Å². The van der Waals surface area contributed by atoms with Crippen LogP contribution in [0.4, 0.5) is 11.4 Å². The number of hydrogen-bond acceptors (Lipinski definition) is 6. The van der Waals surface area contributed by atoms with E-state index >= 15 is 0 Å². The molecule has 5 aromatic carbocycles. The molecular weight excluding hydrogens is 500 g/mol. The second kappa shape index (κ2) is 9.26. The van der Waals surface area contributed by atoms with Crippen LogP contribution in [-0.4, -0.2) is 16.5 Å². The van der Waals surface area contributed by atoms with E-state index in [2.05, 4.69) is 66.7 Å². The predicted octanol–water partition coefficient (Wildman–Crippen LogP) is 7.38. The van der Waals surface area contributed by atoms with Gasteiger partial charge >= 0.3 is 0 Å². The van der Waals surface area contributed by atoms with Crippen molar-refractivity contribution in [2.75, 3.05) is 10.0 Å². The van der Waals surface area contributed by atoms with Gasteiger partial charge in [-0.15, -0.1) is 0 Å². The predicted molar refractivity (Wildman–Crippen MR) is 161 cm³/mol. The second-order valence-electron chi connectivity index (χ2n) is 9.49. The Kier molecular flexibility index (Phi) is 5.56. The summed E-state index contributed by atoms with van der Waals surface area (Å²) in [5, 5.41) is 17.0. The van der Waals surface area contributed by atoms with Crippen LogP contribution in [0, 0.1) is 0 Å². The highest BCUT2D eigenvalue weighted by molar-refractivity contribution is 8.17. The summed E-state index contributed by atoms with van der Waals surface area (Å²) in [4.78, 5) is 11.9. The van der Waals surface area contributed by atoms with Gasteiger partial charge in [0.15, 0.2) is 10.8 Å². The quantitative estimate of drug-likeness (QED) is 0.246. The van der Waals surface area contributed by atoms with Crippen LogP contribution in [0.5, 0.6) is 0 Å². The standard InChI is InChI=1S/C33H24N4OS/c1-23(38)32-35-37(26-17-6-3-7-18-26)33(39-32)30-22-11-10-20-29(30)31(34-36(33)25-15-4-2-5-16-25)28-21-12-14-24-13-8-9-19-27(24)28/h2-22H,1H3/t33-/m0/s1. The fourth-order valence-electron chi connectivity index (χ4n) is 5.35. The molecule has 0 aromatic heterocycles. The highest BCUT2D eigenvalue weighted by Crippen LogP contribution is 2.55. The maximum absolute atomic E-state index is 12.8. The lowest BCUT2D eigenvalue weighted by Crippen LogP contribution is -2.54. The zero-order chi connectivity index (χ0) is 26.4. The zero-order valence-corrected chi connectivity index (χ0v) is 22.0. The number of hydrazone groups is 2. The van der Waals surface area contributed by atoms with Gasteiger partial charge in [-0.1, -0.05) is 103 Å². The first kappa shape index (κ1) is 23.4. The zero-order valence-electron chi connectivity index (χ0n) is 21.2. The Balaban J connectivity index is 1.56. The van der Waals surface area contributed by atoms with Gasteiger partial charge in [0, 0.05) is 23.6 Å². The number of hydrogen-bond donors (Lipinski definition) is 0. The van der Waals surface area contributed by atoms with Crippen LogP contribution in [-0.2, 0) is 9.79 Å². The molecule has 39 heavy (non-hydrogen) atoms. The van der Waals surface area contributed by atoms with E-state index in [1.54, 1.807) is 6.92 Å². The Hall–Kier alpha value is -4.68. The molecule has 0 saturated heterocycles. The van der Waals surface area contributed by atoms with Gasteiger partial charge in [-0.3, -0.25) is 4.79 Å². The lowest BCUT2D eigenvalue weighted by atomic mass is 9.91. The first-order chi connectivity index (χ1) is 19.2. The van der Waals surface area contributed by atoms with Crippen molar-refractivity contribution in [1.29, 1.82) is 0 Å². The summed E-state index contributed by atoms with van der Waals surface area (Å²) in [6.07, 6.45) is 0. The van der Waals surface area contributed by atoms with Crippen molar-refractivity contribution in [3.63, 3.8) is 0 Å². The van der Waals surface area contributed by atoms with E-state index in [4.69, 9.17) is 10.2 Å². The average molecular weight is 525 g/mol. The van der Waals surface area contributed by atoms with Crippen molar-refractivity contribution in [2.24, 2.45) is 10.2 Å². The number of anilines is 2. The van der Waals surface area contributed by atoms with E-state index in [1.165, 1.54) is 11.8 Å². The Morgan fingerprint density at radius 3 is 1.92 bits per heavy atom. The normalized spacial score (nSPS) is 18.2. The fraction of sp³-hybridized carbons (Fsp3) is 0.0606. The summed E-state index contributed by atoms with van der Waals surface area (Å²) in [7, 11) is 0. The molecule has 1 atom stereocenters. The Labute approximate surface area is 231 Å². The minimum absolute atomic E-state index is 0.0767. The first-order valence-electron chi connectivity index (χ1n) is 12.8. The van der Waals surface area contributed by atoms with Crippen molar-refractivity contribution >= 4 is 50.4 Å². The van der Waals surface area contributed by atoms with Crippen LogP contribution in [0.3, 0.4) is 0 Å². The van der Waals surface area contributed by atoms with Crippen molar-refractivity contribution in [3.8, 4) is 0 Å². The Morgan fingerprint density at radius 1 is 0.641 bits per heavy atom. The third kappa shape index (κ3) is 3.67. The topological polar surface area (TPSA) is 48.3 Å². The summed E-state index contributed by atoms with van der Waals surface area (Å²) in [5.41, 5.74) is 5.73. The molecule has 188 valence electrons. The molecule has 0 amide bonds. The minimum atomic E-state index is -0.950. The van der Waals surface area contributed by atoms with E-state index in [9.17, 15) is 4.79 Å². The van der Waals surface area contributed by atoms with Crippen molar-refractivity contribution in [3.05, 3.63) is 144 Å². The summed E-state index contributed by atoms with van der Waals surface area (Å²) in [5.74, 6) is -0.0767. The maximum atomic E-state index is 12.8. The van der Waals surface area contributed by atoms with Gasteiger partial charge in [-0.2, -0.15) is 10.2 Å². The summed E-state index contributed by atoms with van der Waals surface area (Å²) in [6, 6.07) is 43.2. The number of benzene rings is 5. The van der Waals surface area contributed by atoms with Gasteiger partial charge in [0.1, 0.15) is 0 Å². The molecule has 1 spiro atoms. The molecule has 0 saturated carbocycles. The van der Waals surface area contributed by atoms with E-state index in [0.717, 1.165) is 44.5 Å². The number of fused-ring (bicyclic) bond motifs is 3. The molecule has 2 heterocycles. The first-order valence-corrected chi connectivity index (χ1v) is 13.6. The molecule has 5 aromatic rings. The monoisotopic (exact) mass is 524 g/mol. The fourth-order valence-corrected chi connectivity index (χ4v) is 6.63. The number of carbonyl (C=O) groups excluding carboxylic acids is 1. The molecule has 0 fully saturated rings. The number of carbonyl (C=O) groups is 1. The van der Waals surface area contributed by atoms with Crippen LogP contribution in [0.1, 0.15) is 23.6 Å². The van der Waals surface area contributed by atoms with Crippen LogP contribution in [0.15, 0.2) is 138 Å². The van der Waals surface area contributed by atoms with Crippen LogP contribution < -0.4 is 10.0 Å². The number of thioether (sulfide) groups is 1. The second-order valence-corrected chi connectivity index (χ2v) is 10.6. The van der Waals surface area contributed by atoms with Crippen molar-refractivity contribution in [1.82, 2.24) is 0 Å². The summed E-state index contributed by atoms with van der Waals surface area (Å²) >= 11 is 1.44. The molecule has 0 bridgehead atoms. The minimum Gasteiger partial charge on any atom is -0.292 e. The van der Waals surface area contributed by atoms with E-state index < -0.39 is 4.99 Å². The van der Waals surface area contributed by atoms with Crippen LogP contribution in [0.25, 0.3) is 10.8 Å². The molecule has 0 unspecified atom stereocenters. The SMILES string of the molecule is CC(=O)C1=NN(c2ccccc2)[C@]2(S1)c1ccccc1C(c1cccc3ccccc13)=NN2c1ccccc1. The Bertz CT molecular complexity index is 1780. The number of Topliss-reactive ketones (excluding diaryl/α,β-unsaturated/α-hetero) is 1. The number of ketones is 1. The van der Waals surface area contributed by atoms with Crippen molar-refractivity contribution < 1.29 is 4.79 Å². The third-order valence-electron chi connectivity index (χ3n) is 7.08. The molecular formula is C33H24N4OS. The maximum Gasteiger partial charge on any atom is 0.234 e. The number of nitrogens with zero attached hydrogens (tertiary/aromatic N) is 4. The average Bonchev–Trinajstić information content (AvgIpc) is 3.40. The van der Waals surface area contributed by atoms with Gasteiger partial charge < -0.3 is 0 Å². The van der Waals surface area contributed by atoms with E-state index in [-0.39, 0.29) is 5.78 Å². The molecule has 0 N–H and O–H groups in total. The molecule has 0 radical (unpaired) electrons. The molecule has 0 aliphatic carbocycles. The van der Waals surface area contributed by atoms with Crippen LogP contribution >= 0.6 is 11.8 Å². The summed E-state index contributed by atoms with van der Waals surface area (Å²) in [6.45, 7) is 1.57. The van der Waals surface area contributed by atoms with Crippen molar-refractivity contribution in [2.45, 2.75) is 11.9 Å². The highest BCUT2D eigenvalue weighted by atomic mass is 32.2. The molecule has 2 aliphatic rings. The van der Waals surface area contributed by atoms with Gasteiger partial charge in [-0.25, -0.2) is 10.0 Å².